The van der Waals surface area contributed by atoms with Crippen molar-refractivity contribution in [3.05, 3.63) is 35.9 Å². The number of hydrogen-bond donors (Lipinski definition) is 1. The van der Waals surface area contributed by atoms with Crippen LogP contribution in [0.2, 0.25) is 0 Å². The molecule has 2 heterocycles. The van der Waals surface area contributed by atoms with Crippen molar-refractivity contribution in [2.24, 2.45) is 17.6 Å². The third-order valence-electron chi connectivity index (χ3n) is 8.02. The number of carbonyl (C=O) groups excluding carboxylic acids is 2. The molecular weight excluding hydrogens is 374 g/mol. The van der Waals surface area contributed by atoms with Crippen molar-refractivity contribution >= 4 is 23.1 Å². The monoisotopic (exact) mass is 407 g/mol. The van der Waals surface area contributed by atoms with Crippen LogP contribution in [-0.4, -0.2) is 41.9 Å². The first kappa shape index (κ1) is 19.8. The van der Waals surface area contributed by atoms with Crippen LogP contribution in [0.15, 0.2) is 30.3 Å². The maximum absolute atomic E-state index is 13.2. The zero-order valence-electron chi connectivity index (χ0n) is 17.8. The van der Waals surface area contributed by atoms with Gasteiger partial charge in [0.25, 0.3) is 5.91 Å². The second kappa shape index (κ2) is 8.18. The second-order valence-electron chi connectivity index (χ2n) is 9.71. The largest absolute Gasteiger partial charge is 0.366 e. The van der Waals surface area contributed by atoms with Gasteiger partial charge in [-0.2, -0.15) is 0 Å². The Bertz CT molecular complexity index is 846. The Hall–Kier alpha value is -2.14. The summed E-state index contributed by atoms with van der Waals surface area (Å²) in [5.74, 6) is 1.16. The third-order valence-corrected chi connectivity index (χ3v) is 8.02. The molecule has 0 aromatic heterocycles. The summed E-state index contributed by atoms with van der Waals surface area (Å²) in [7, 11) is 0. The zero-order chi connectivity index (χ0) is 20.7. The van der Waals surface area contributed by atoms with E-state index in [-0.39, 0.29) is 11.9 Å². The number of nitrogens with two attached hydrogens (primary N) is 1. The van der Waals surface area contributed by atoms with Gasteiger partial charge in [0.15, 0.2) is 0 Å². The van der Waals surface area contributed by atoms with Gasteiger partial charge in [0.1, 0.15) is 0 Å². The van der Waals surface area contributed by atoms with Crippen LogP contribution in [0.1, 0.15) is 63.4 Å². The molecule has 5 rings (SSSR count). The summed E-state index contributed by atoms with van der Waals surface area (Å²) in [6.07, 6.45) is 13.2. The highest BCUT2D eigenvalue weighted by Gasteiger charge is 2.41. The molecule has 1 aromatic rings. The molecule has 2 aliphatic heterocycles. The lowest BCUT2D eigenvalue weighted by molar-refractivity contribution is -0.115. The molecule has 1 aromatic carbocycles. The molecule has 2 N–H and O–H groups in total. The van der Waals surface area contributed by atoms with Gasteiger partial charge >= 0.3 is 0 Å². The number of amides is 2. The molecule has 30 heavy (non-hydrogen) atoms. The van der Waals surface area contributed by atoms with Gasteiger partial charge in [0.2, 0.25) is 5.91 Å². The molecule has 2 bridgehead atoms. The molecular formula is C25H33N3O2. The van der Waals surface area contributed by atoms with E-state index in [4.69, 9.17) is 5.73 Å². The van der Waals surface area contributed by atoms with Crippen LogP contribution in [0.4, 0.5) is 5.69 Å². The van der Waals surface area contributed by atoms with E-state index in [1.807, 2.05) is 29.2 Å². The molecule has 0 radical (unpaired) electrons. The molecule has 2 aliphatic carbocycles. The number of likely N-dealkylation sites (tertiary alicyclic amines) is 1. The Kier molecular flexibility index (Phi) is 5.40. The summed E-state index contributed by atoms with van der Waals surface area (Å²) < 4.78 is 0. The highest BCUT2D eigenvalue weighted by atomic mass is 16.2. The number of rotatable bonds is 3. The first-order valence-electron chi connectivity index (χ1n) is 11.8. The number of nitrogens with zero attached hydrogens (tertiary/aromatic N) is 2. The van der Waals surface area contributed by atoms with Crippen LogP contribution in [0.25, 0.3) is 5.57 Å². The van der Waals surface area contributed by atoms with E-state index in [9.17, 15) is 9.59 Å². The van der Waals surface area contributed by atoms with Gasteiger partial charge in [-0.05, 0) is 50.0 Å². The van der Waals surface area contributed by atoms with Crippen molar-refractivity contribution in [1.82, 2.24) is 4.90 Å². The van der Waals surface area contributed by atoms with Crippen molar-refractivity contribution in [3.8, 4) is 0 Å². The zero-order valence-corrected chi connectivity index (χ0v) is 17.8. The van der Waals surface area contributed by atoms with E-state index < -0.39 is 5.91 Å². The van der Waals surface area contributed by atoms with E-state index in [1.54, 1.807) is 0 Å². The average molecular weight is 408 g/mol. The van der Waals surface area contributed by atoms with Gasteiger partial charge in [-0.1, -0.05) is 43.9 Å². The summed E-state index contributed by atoms with van der Waals surface area (Å²) in [6, 6.07) is 8.73. The number of carbonyl (C=O) groups is 2. The van der Waals surface area contributed by atoms with Crippen molar-refractivity contribution in [2.45, 2.75) is 69.9 Å². The fourth-order valence-electron chi connectivity index (χ4n) is 6.61. The highest BCUT2D eigenvalue weighted by molar-refractivity contribution is 6.35. The summed E-state index contributed by atoms with van der Waals surface area (Å²) >= 11 is 0. The first-order chi connectivity index (χ1) is 14.6. The van der Waals surface area contributed by atoms with Crippen LogP contribution in [0.3, 0.4) is 0 Å². The van der Waals surface area contributed by atoms with E-state index in [0.29, 0.717) is 5.57 Å². The molecule has 3 fully saturated rings. The SMILES string of the molecule is NC(=O)/C=C1\C(=O)N(C2CCN(C3CC4CCCC3CCC4)CC2)c2ccccc21. The molecule has 5 nitrogen and oxygen atoms in total. The topological polar surface area (TPSA) is 66.6 Å². The van der Waals surface area contributed by atoms with Gasteiger partial charge in [-0.25, -0.2) is 0 Å². The summed E-state index contributed by atoms with van der Waals surface area (Å²) in [4.78, 5) is 29.4. The van der Waals surface area contributed by atoms with E-state index in [2.05, 4.69) is 4.90 Å². The Morgan fingerprint density at radius 1 is 1.00 bits per heavy atom. The number of piperidine rings is 1. The van der Waals surface area contributed by atoms with E-state index in [1.165, 1.54) is 51.0 Å². The fraction of sp³-hybridized carbons (Fsp3) is 0.600. The average Bonchev–Trinajstić information content (AvgIpc) is 2.90. The number of primary amides is 1. The summed E-state index contributed by atoms with van der Waals surface area (Å²) in [5, 5.41) is 0. The molecule has 160 valence electrons. The van der Waals surface area contributed by atoms with E-state index in [0.717, 1.165) is 55.1 Å². The van der Waals surface area contributed by atoms with Gasteiger partial charge < -0.3 is 10.6 Å². The van der Waals surface area contributed by atoms with Gasteiger partial charge in [-0.3, -0.25) is 14.5 Å². The lowest BCUT2D eigenvalue weighted by Crippen LogP contribution is -2.50. The second-order valence-corrected chi connectivity index (χ2v) is 9.71. The summed E-state index contributed by atoms with van der Waals surface area (Å²) in [6.45, 7) is 2.14. The lowest BCUT2D eigenvalue weighted by atomic mass is 9.89. The molecule has 2 saturated carbocycles. The van der Waals surface area contributed by atoms with E-state index >= 15 is 0 Å². The van der Waals surface area contributed by atoms with Gasteiger partial charge in [0.05, 0.1) is 11.3 Å². The van der Waals surface area contributed by atoms with Crippen molar-refractivity contribution in [3.63, 3.8) is 0 Å². The summed E-state index contributed by atoms with van der Waals surface area (Å²) in [5.41, 5.74) is 7.59. The van der Waals surface area contributed by atoms with Crippen molar-refractivity contribution < 1.29 is 9.59 Å². The molecule has 4 aliphatic rings. The number of para-hydroxylation sites is 1. The van der Waals surface area contributed by atoms with Crippen LogP contribution in [0, 0.1) is 11.8 Å². The Morgan fingerprint density at radius 2 is 1.70 bits per heavy atom. The molecule has 1 unspecified atom stereocenters. The number of benzene rings is 1. The predicted octanol–water partition coefficient (Wildman–Crippen LogP) is 3.73. The number of fused-ring (bicyclic) bond motifs is 4. The quantitative estimate of drug-likeness (QED) is 0.777. The molecule has 1 saturated heterocycles. The Morgan fingerprint density at radius 3 is 2.40 bits per heavy atom. The molecule has 1 atom stereocenters. The minimum Gasteiger partial charge on any atom is -0.366 e. The third kappa shape index (κ3) is 3.58. The van der Waals surface area contributed by atoms with Crippen LogP contribution in [0.5, 0.6) is 0 Å². The maximum atomic E-state index is 13.2. The van der Waals surface area contributed by atoms with Crippen LogP contribution < -0.4 is 10.6 Å². The smallest absolute Gasteiger partial charge is 0.259 e. The fourth-order valence-corrected chi connectivity index (χ4v) is 6.61. The lowest BCUT2D eigenvalue weighted by Gasteiger charge is -2.42. The predicted molar refractivity (Wildman–Crippen MR) is 119 cm³/mol. The minimum absolute atomic E-state index is 0.0706. The van der Waals surface area contributed by atoms with Crippen LogP contribution >= 0.6 is 0 Å². The van der Waals surface area contributed by atoms with Crippen molar-refractivity contribution in [1.29, 1.82) is 0 Å². The Labute approximate surface area is 179 Å². The maximum Gasteiger partial charge on any atom is 0.259 e. The van der Waals surface area contributed by atoms with Crippen molar-refractivity contribution in [2.75, 3.05) is 18.0 Å². The van der Waals surface area contributed by atoms with Gasteiger partial charge in [-0.15, -0.1) is 0 Å². The minimum atomic E-state index is -0.565. The number of anilines is 1. The molecule has 2 amide bonds. The standard InChI is InChI=1S/C25H33N3O2/c26-24(29)16-21-20-9-1-2-10-22(20)28(25(21)30)19-11-13-27(14-12-19)23-15-17-5-3-7-18(23)8-4-6-17/h1-2,9-10,16-19,23H,3-8,11-15H2,(H2,26,29)/b21-16-. The number of hydrogen-bond acceptors (Lipinski definition) is 3. The molecule has 5 heteroatoms. The first-order valence-corrected chi connectivity index (χ1v) is 11.8. The highest BCUT2D eigenvalue weighted by Crippen LogP contribution is 2.42. The Balaban J connectivity index is 1.32. The van der Waals surface area contributed by atoms with Crippen LogP contribution in [-0.2, 0) is 9.59 Å². The molecule has 0 spiro atoms. The van der Waals surface area contributed by atoms with Gasteiger partial charge in [0, 0.05) is 36.8 Å². The normalized spacial score (nSPS) is 31.6.